The fourth-order valence-corrected chi connectivity index (χ4v) is 4.26. The Balaban J connectivity index is 1.91. The van der Waals surface area contributed by atoms with Crippen LogP contribution < -0.4 is 5.32 Å². The first-order valence-electron chi connectivity index (χ1n) is 13.1. The van der Waals surface area contributed by atoms with Crippen molar-refractivity contribution in [2.45, 2.75) is 87.1 Å². The van der Waals surface area contributed by atoms with Crippen molar-refractivity contribution in [1.29, 1.82) is 0 Å². The number of aliphatic hydroxyl groups excluding tert-OH is 8. The highest BCUT2D eigenvalue weighted by molar-refractivity contribution is 5.76. The molecule has 0 saturated carbocycles. The SMILES string of the molecule is O=C(O)NCCCCCC(=O)N(CCO[C@H]1O[C@H](CO)[C@@H](O)[C@H](O)[C@@H]1O)CCO[C@@H]1O[C@@H](CO)[C@H](O)[C@@H](O)[C@H]1O. The van der Waals surface area contributed by atoms with Crippen LogP contribution in [0.1, 0.15) is 25.7 Å². The van der Waals surface area contributed by atoms with Crippen LogP contribution in [0, 0.1) is 0 Å². The quantitative estimate of drug-likeness (QED) is 0.0761. The fraction of sp³-hybridized carbons (Fsp3) is 0.913. The molecule has 10 N–H and O–H groups in total. The number of unbranched alkanes of at least 4 members (excludes halogenated alkanes) is 2. The zero-order chi connectivity index (χ0) is 29.8. The zero-order valence-electron chi connectivity index (χ0n) is 22.0. The van der Waals surface area contributed by atoms with Crippen molar-refractivity contribution in [2.75, 3.05) is 46.1 Å². The first kappa shape index (κ1) is 34.5. The molecule has 2 amide bonds. The van der Waals surface area contributed by atoms with E-state index in [1.807, 2.05) is 0 Å². The summed E-state index contributed by atoms with van der Waals surface area (Å²) in [5.74, 6) is -0.319. The lowest BCUT2D eigenvalue weighted by atomic mass is 9.99. The summed E-state index contributed by atoms with van der Waals surface area (Å²) < 4.78 is 21.5. The lowest BCUT2D eigenvalue weighted by Crippen LogP contribution is -2.59. The van der Waals surface area contributed by atoms with Crippen molar-refractivity contribution in [3.8, 4) is 0 Å². The smallest absolute Gasteiger partial charge is 0.404 e. The van der Waals surface area contributed by atoms with Crippen LogP contribution in [0.4, 0.5) is 4.79 Å². The van der Waals surface area contributed by atoms with E-state index in [4.69, 9.17) is 24.1 Å². The summed E-state index contributed by atoms with van der Waals surface area (Å²) in [5, 5.41) is 89.3. The summed E-state index contributed by atoms with van der Waals surface area (Å²) >= 11 is 0. The van der Waals surface area contributed by atoms with Crippen LogP contribution >= 0.6 is 0 Å². The average Bonchev–Trinajstić information content (AvgIpc) is 2.93. The molecular formula is C23H42N2O15. The molecule has 0 aromatic carbocycles. The summed E-state index contributed by atoms with van der Waals surface area (Å²) in [6.07, 6.45) is -14.2. The van der Waals surface area contributed by atoms with Crippen LogP contribution in [-0.2, 0) is 23.7 Å². The second-order valence-electron chi connectivity index (χ2n) is 9.56. The standard InChI is InChI=1S/C23H42N2O15/c26-10-12-15(29)17(31)19(33)21(39-12)37-8-6-25(14(28)4-2-1-3-5-24-23(35)36)7-9-38-22-20(34)18(32)16(30)13(11-27)40-22/h12-13,15-22,24,26-27,29-34H,1-11H2,(H,35,36)/t12-,13+,15-,16+,17+,18-,19+,20-,21+,22-. The van der Waals surface area contributed by atoms with Gasteiger partial charge in [0.2, 0.25) is 5.91 Å². The number of carbonyl (C=O) groups is 2. The number of hydrogen-bond acceptors (Lipinski definition) is 14. The first-order valence-corrected chi connectivity index (χ1v) is 13.1. The van der Waals surface area contributed by atoms with Crippen LogP contribution in [-0.4, -0.2) is 170 Å². The molecule has 0 spiro atoms. The Morgan fingerprint density at radius 1 is 0.700 bits per heavy atom. The first-order chi connectivity index (χ1) is 19.0. The van der Waals surface area contributed by atoms with Gasteiger partial charge in [-0.3, -0.25) is 4.79 Å². The Morgan fingerprint density at radius 3 is 1.60 bits per heavy atom. The molecule has 2 rings (SSSR count). The van der Waals surface area contributed by atoms with E-state index in [0.717, 1.165) is 0 Å². The third kappa shape index (κ3) is 9.97. The maximum absolute atomic E-state index is 12.9. The number of rotatable bonds is 16. The van der Waals surface area contributed by atoms with Gasteiger partial charge in [0.1, 0.15) is 48.8 Å². The number of aliphatic hydroxyl groups is 8. The minimum atomic E-state index is -1.63. The normalized spacial score (nSPS) is 34.4. The lowest BCUT2D eigenvalue weighted by molar-refractivity contribution is -0.303. The predicted molar refractivity (Wildman–Crippen MR) is 131 cm³/mol. The van der Waals surface area contributed by atoms with Gasteiger partial charge >= 0.3 is 6.09 Å². The summed E-state index contributed by atoms with van der Waals surface area (Å²) in [4.78, 5) is 24.8. The van der Waals surface area contributed by atoms with Crippen molar-refractivity contribution < 1.29 is 74.5 Å². The highest BCUT2D eigenvalue weighted by Crippen LogP contribution is 2.23. The van der Waals surface area contributed by atoms with Gasteiger partial charge in [-0.15, -0.1) is 0 Å². The second-order valence-corrected chi connectivity index (χ2v) is 9.56. The lowest BCUT2D eigenvalue weighted by Gasteiger charge is -2.40. The molecule has 17 nitrogen and oxygen atoms in total. The van der Waals surface area contributed by atoms with Crippen LogP contribution in [0.3, 0.4) is 0 Å². The molecule has 0 bridgehead atoms. The third-order valence-corrected chi connectivity index (χ3v) is 6.68. The number of carbonyl (C=O) groups excluding carboxylic acids is 1. The van der Waals surface area contributed by atoms with E-state index in [9.17, 15) is 50.4 Å². The van der Waals surface area contributed by atoms with E-state index in [2.05, 4.69) is 5.32 Å². The average molecular weight is 587 g/mol. The molecule has 0 aromatic rings. The number of amides is 2. The Bertz CT molecular complexity index is 718. The molecule has 2 aliphatic rings. The van der Waals surface area contributed by atoms with Gasteiger partial charge in [0.25, 0.3) is 0 Å². The van der Waals surface area contributed by atoms with Crippen molar-refractivity contribution >= 4 is 12.0 Å². The summed E-state index contributed by atoms with van der Waals surface area (Å²) in [7, 11) is 0. The molecule has 40 heavy (non-hydrogen) atoms. The Kier molecular flexibility index (Phi) is 14.9. The van der Waals surface area contributed by atoms with Gasteiger partial charge in [-0.05, 0) is 12.8 Å². The van der Waals surface area contributed by atoms with Crippen molar-refractivity contribution in [3.05, 3.63) is 0 Å². The predicted octanol–water partition coefficient (Wildman–Crippen LogP) is -4.72. The van der Waals surface area contributed by atoms with Gasteiger partial charge in [0, 0.05) is 26.1 Å². The Labute approximate surface area is 230 Å². The van der Waals surface area contributed by atoms with E-state index in [1.165, 1.54) is 4.90 Å². The van der Waals surface area contributed by atoms with Gasteiger partial charge in [-0.2, -0.15) is 0 Å². The number of hydrogen-bond donors (Lipinski definition) is 10. The zero-order valence-corrected chi connectivity index (χ0v) is 22.0. The number of ether oxygens (including phenoxy) is 4. The molecular weight excluding hydrogens is 544 g/mol. The molecule has 2 saturated heterocycles. The number of nitrogens with zero attached hydrogens (tertiary/aromatic N) is 1. The van der Waals surface area contributed by atoms with Gasteiger partial charge in [0.15, 0.2) is 12.6 Å². The van der Waals surface area contributed by atoms with Crippen LogP contribution in [0.5, 0.6) is 0 Å². The highest BCUT2D eigenvalue weighted by atomic mass is 16.7. The molecule has 2 aliphatic heterocycles. The topological polar surface area (TPSA) is 268 Å². The summed E-state index contributed by atoms with van der Waals surface area (Å²) in [6.45, 7) is -1.46. The molecule has 234 valence electrons. The van der Waals surface area contributed by atoms with E-state index in [0.29, 0.717) is 19.3 Å². The summed E-state index contributed by atoms with van der Waals surface area (Å²) in [5.41, 5.74) is 0. The van der Waals surface area contributed by atoms with Gasteiger partial charge in [0.05, 0.1) is 26.4 Å². The largest absolute Gasteiger partial charge is 0.465 e. The maximum atomic E-state index is 12.9. The summed E-state index contributed by atoms with van der Waals surface area (Å²) in [6, 6.07) is 0. The highest BCUT2D eigenvalue weighted by Gasteiger charge is 2.45. The van der Waals surface area contributed by atoms with Gasteiger partial charge < -0.3 is 75.1 Å². The van der Waals surface area contributed by atoms with Crippen LogP contribution in [0.2, 0.25) is 0 Å². The van der Waals surface area contributed by atoms with Crippen molar-refractivity contribution in [1.82, 2.24) is 10.2 Å². The molecule has 2 heterocycles. The Hall–Kier alpha value is -1.74. The molecule has 17 heteroatoms. The number of nitrogens with one attached hydrogen (secondary N) is 1. The van der Waals surface area contributed by atoms with Crippen LogP contribution in [0.25, 0.3) is 0 Å². The molecule has 0 unspecified atom stereocenters. The number of carboxylic acid groups (broad SMARTS) is 1. The second kappa shape index (κ2) is 17.3. The Morgan fingerprint density at radius 2 is 1.18 bits per heavy atom. The van der Waals surface area contributed by atoms with E-state index < -0.39 is 80.7 Å². The minimum absolute atomic E-state index is 0.0353. The van der Waals surface area contributed by atoms with Crippen LogP contribution in [0.15, 0.2) is 0 Å². The van der Waals surface area contributed by atoms with Gasteiger partial charge in [-0.1, -0.05) is 6.42 Å². The molecule has 0 aliphatic carbocycles. The van der Waals surface area contributed by atoms with E-state index in [1.54, 1.807) is 0 Å². The van der Waals surface area contributed by atoms with E-state index in [-0.39, 0.29) is 45.2 Å². The maximum Gasteiger partial charge on any atom is 0.404 e. The monoisotopic (exact) mass is 586 g/mol. The van der Waals surface area contributed by atoms with Crippen molar-refractivity contribution in [3.63, 3.8) is 0 Å². The van der Waals surface area contributed by atoms with Crippen molar-refractivity contribution in [2.24, 2.45) is 0 Å². The van der Waals surface area contributed by atoms with Gasteiger partial charge in [-0.25, -0.2) is 4.79 Å². The van der Waals surface area contributed by atoms with E-state index >= 15 is 0 Å². The molecule has 2 fully saturated rings. The molecule has 0 aromatic heterocycles. The molecule has 10 atom stereocenters. The molecule has 0 radical (unpaired) electrons. The third-order valence-electron chi connectivity index (χ3n) is 6.68. The minimum Gasteiger partial charge on any atom is -0.465 e. The fourth-order valence-electron chi connectivity index (χ4n) is 4.26.